The summed E-state index contributed by atoms with van der Waals surface area (Å²) in [4.78, 5) is 4.53. The number of halogens is 1. The summed E-state index contributed by atoms with van der Waals surface area (Å²) in [6, 6.07) is 0. The number of nitrogens with zero attached hydrogens (tertiary/aromatic N) is 2. The second-order valence-corrected chi connectivity index (χ2v) is 5.15. The average molecular weight is 244 g/mol. The highest BCUT2D eigenvalue weighted by molar-refractivity contribution is 5.85. The van der Waals surface area contributed by atoms with Gasteiger partial charge in [0.05, 0.1) is 5.41 Å². The zero-order chi connectivity index (χ0) is 10.3. The first kappa shape index (κ1) is 11.9. The van der Waals surface area contributed by atoms with Gasteiger partial charge in [0, 0.05) is 13.0 Å². The van der Waals surface area contributed by atoms with Crippen molar-refractivity contribution < 1.29 is 4.52 Å². The molecule has 16 heavy (non-hydrogen) atoms. The SMILES string of the molecule is CC1(c2nc(CC3CC3)no2)CCNC1.Cl. The summed E-state index contributed by atoms with van der Waals surface area (Å²) in [7, 11) is 0. The fraction of sp³-hybridized carbons (Fsp3) is 0.818. The van der Waals surface area contributed by atoms with Gasteiger partial charge in [-0.3, -0.25) is 0 Å². The Labute approximate surface area is 102 Å². The number of hydrogen-bond donors (Lipinski definition) is 1. The van der Waals surface area contributed by atoms with Crippen molar-refractivity contribution in [1.29, 1.82) is 0 Å². The molecule has 0 bridgehead atoms. The van der Waals surface area contributed by atoms with Gasteiger partial charge in [0.1, 0.15) is 0 Å². The van der Waals surface area contributed by atoms with E-state index >= 15 is 0 Å². The van der Waals surface area contributed by atoms with Crippen molar-refractivity contribution in [3.63, 3.8) is 0 Å². The van der Waals surface area contributed by atoms with Crippen LogP contribution >= 0.6 is 12.4 Å². The normalized spacial score (nSPS) is 29.1. The van der Waals surface area contributed by atoms with Gasteiger partial charge >= 0.3 is 0 Å². The molecule has 1 saturated carbocycles. The monoisotopic (exact) mass is 243 g/mol. The fourth-order valence-electron chi connectivity index (χ4n) is 2.16. The van der Waals surface area contributed by atoms with Gasteiger partial charge in [-0.25, -0.2) is 0 Å². The van der Waals surface area contributed by atoms with Crippen LogP contribution in [0.2, 0.25) is 0 Å². The lowest BCUT2D eigenvalue weighted by Gasteiger charge is -2.15. The highest BCUT2D eigenvalue weighted by atomic mass is 35.5. The van der Waals surface area contributed by atoms with Crippen molar-refractivity contribution in [2.24, 2.45) is 5.92 Å². The standard InChI is InChI=1S/C11H17N3O.ClH/c1-11(4-5-12-7-11)10-13-9(14-15-10)6-8-2-3-8;/h8,12H,2-7H2,1H3;1H. The maximum Gasteiger partial charge on any atom is 0.233 e. The Balaban J connectivity index is 0.000000963. The van der Waals surface area contributed by atoms with Gasteiger partial charge in [-0.15, -0.1) is 12.4 Å². The third-order valence-corrected chi connectivity index (χ3v) is 3.52. The summed E-state index contributed by atoms with van der Waals surface area (Å²) in [5, 5.41) is 7.42. The third-order valence-electron chi connectivity index (χ3n) is 3.52. The van der Waals surface area contributed by atoms with E-state index in [0.29, 0.717) is 0 Å². The minimum absolute atomic E-state index is 0. The van der Waals surface area contributed by atoms with Crippen LogP contribution in [0.25, 0.3) is 0 Å². The van der Waals surface area contributed by atoms with E-state index in [-0.39, 0.29) is 17.8 Å². The second-order valence-electron chi connectivity index (χ2n) is 5.15. The number of hydrogen-bond acceptors (Lipinski definition) is 4. The minimum atomic E-state index is 0. The molecule has 1 saturated heterocycles. The predicted molar refractivity (Wildman–Crippen MR) is 62.8 cm³/mol. The summed E-state index contributed by atoms with van der Waals surface area (Å²) in [6.45, 7) is 4.20. The lowest BCUT2D eigenvalue weighted by molar-refractivity contribution is 0.304. The van der Waals surface area contributed by atoms with Gasteiger partial charge in [-0.05, 0) is 38.6 Å². The molecule has 1 aromatic heterocycles. The Kier molecular flexibility index (Phi) is 3.22. The molecule has 0 amide bonds. The van der Waals surface area contributed by atoms with Crippen molar-refractivity contribution in [3.8, 4) is 0 Å². The number of nitrogens with one attached hydrogen (secondary N) is 1. The molecule has 3 rings (SSSR count). The Hall–Kier alpha value is -0.610. The van der Waals surface area contributed by atoms with Crippen molar-refractivity contribution in [3.05, 3.63) is 11.7 Å². The van der Waals surface area contributed by atoms with E-state index in [0.717, 1.165) is 43.6 Å². The highest BCUT2D eigenvalue weighted by Gasteiger charge is 2.36. The first-order valence-corrected chi connectivity index (χ1v) is 5.80. The molecule has 1 N–H and O–H groups in total. The molecule has 2 aliphatic rings. The zero-order valence-corrected chi connectivity index (χ0v) is 10.3. The van der Waals surface area contributed by atoms with Crippen LogP contribution < -0.4 is 5.32 Å². The molecule has 1 atom stereocenters. The molecule has 1 aliphatic heterocycles. The van der Waals surface area contributed by atoms with Crippen molar-refractivity contribution in [1.82, 2.24) is 15.5 Å². The van der Waals surface area contributed by atoms with Gasteiger partial charge in [0.25, 0.3) is 0 Å². The van der Waals surface area contributed by atoms with E-state index in [2.05, 4.69) is 22.4 Å². The first-order chi connectivity index (χ1) is 7.26. The maximum atomic E-state index is 5.38. The van der Waals surface area contributed by atoms with Crippen LogP contribution in [-0.4, -0.2) is 23.2 Å². The zero-order valence-electron chi connectivity index (χ0n) is 9.53. The molecular weight excluding hydrogens is 226 g/mol. The summed E-state index contributed by atoms with van der Waals surface area (Å²) < 4.78 is 5.38. The Bertz CT molecular complexity index is 356. The number of aromatic nitrogens is 2. The van der Waals surface area contributed by atoms with Gasteiger partial charge in [0.2, 0.25) is 5.89 Å². The molecule has 0 radical (unpaired) electrons. The molecule has 1 aliphatic carbocycles. The van der Waals surface area contributed by atoms with Crippen LogP contribution in [0.3, 0.4) is 0 Å². The summed E-state index contributed by atoms with van der Waals surface area (Å²) >= 11 is 0. The molecule has 1 aromatic rings. The molecule has 0 aromatic carbocycles. The minimum Gasteiger partial charge on any atom is -0.339 e. The van der Waals surface area contributed by atoms with E-state index in [1.807, 2.05) is 0 Å². The largest absolute Gasteiger partial charge is 0.339 e. The second kappa shape index (κ2) is 4.34. The predicted octanol–water partition coefficient (Wildman–Crippen LogP) is 1.69. The summed E-state index contributed by atoms with van der Waals surface area (Å²) in [5.74, 6) is 2.55. The molecule has 2 heterocycles. The molecule has 90 valence electrons. The Morgan fingerprint density at radius 2 is 2.31 bits per heavy atom. The molecule has 0 spiro atoms. The van der Waals surface area contributed by atoms with E-state index in [4.69, 9.17) is 4.52 Å². The number of rotatable bonds is 3. The van der Waals surface area contributed by atoms with Crippen LogP contribution in [0.1, 0.15) is 37.9 Å². The fourth-order valence-corrected chi connectivity index (χ4v) is 2.16. The van der Waals surface area contributed by atoms with Crippen molar-refractivity contribution >= 4 is 12.4 Å². The van der Waals surface area contributed by atoms with Gasteiger partial charge in [-0.2, -0.15) is 4.98 Å². The highest BCUT2D eigenvalue weighted by Crippen LogP contribution is 2.33. The van der Waals surface area contributed by atoms with Crippen LogP contribution in [-0.2, 0) is 11.8 Å². The first-order valence-electron chi connectivity index (χ1n) is 5.80. The lowest BCUT2D eigenvalue weighted by atomic mass is 9.90. The van der Waals surface area contributed by atoms with Gasteiger partial charge < -0.3 is 9.84 Å². The van der Waals surface area contributed by atoms with Crippen LogP contribution in [0, 0.1) is 5.92 Å². The lowest BCUT2D eigenvalue weighted by Crippen LogP contribution is -2.25. The van der Waals surface area contributed by atoms with Crippen LogP contribution in [0.5, 0.6) is 0 Å². The molecule has 1 unspecified atom stereocenters. The topological polar surface area (TPSA) is 51.0 Å². The van der Waals surface area contributed by atoms with Crippen LogP contribution in [0.15, 0.2) is 4.52 Å². The van der Waals surface area contributed by atoms with Crippen molar-refractivity contribution in [2.75, 3.05) is 13.1 Å². The molecule has 4 nitrogen and oxygen atoms in total. The van der Waals surface area contributed by atoms with E-state index in [1.165, 1.54) is 12.8 Å². The Morgan fingerprint density at radius 1 is 1.50 bits per heavy atom. The van der Waals surface area contributed by atoms with E-state index in [1.54, 1.807) is 0 Å². The Morgan fingerprint density at radius 3 is 2.94 bits per heavy atom. The maximum absolute atomic E-state index is 5.38. The molecule has 2 fully saturated rings. The quantitative estimate of drug-likeness (QED) is 0.878. The molecule has 5 heteroatoms. The van der Waals surface area contributed by atoms with E-state index < -0.39 is 0 Å². The van der Waals surface area contributed by atoms with Crippen molar-refractivity contribution in [2.45, 2.75) is 38.0 Å². The molecular formula is C11H18ClN3O. The van der Waals surface area contributed by atoms with E-state index in [9.17, 15) is 0 Å². The van der Waals surface area contributed by atoms with Gasteiger partial charge in [-0.1, -0.05) is 5.16 Å². The smallest absolute Gasteiger partial charge is 0.233 e. The van der Waals surface area contributed by atoms with Crippen LogP contribution in [0.4, 0.5) is 0 Å². The average Bonchev–Trinajstić information content (AvgIpc) is 2.73. The summed E-state index contributed by atoms with van der Waals surface area (Å²) in [6.07, 6.45) is 4.77. The summed E-state index contributed by atoms with van der Waals surface area (Å²) in [5.41, 5.74) is 0.0643. The van der Waals surface area contributed by atoms with Gasteiger partial charge in [0.15, 0.2) is 5.82 Å². The third kappa shape index (κ3) is 2.23.